The molecule has 4 rings (SSSR count). The average molecular weight is 591 g/mol. The molecule has 0 radical (unpaired) electrons. The number of amides is 3. The highest BCUT2D eigenvalue weighted by Gasteiger charge is 2.41. The van der Waals surface area contributed by atoms with Gasteiger partial charge in [-0.15, -0.1) is 0 Å². The van der Waals surface area contributed by atoms with Crippen LogP contribution in [0.15, 0.2) is 65.8 Å². The summed E-state index contributed by atoms with van der Waals surface area (Å²) in [5, 5.41) is 9.60. The Bertz CT molecular complexity index is 1300. The molecule has 2 aliphatic rings. The van der Waals surface area contributed by atoms with Crippen molar-refractivity contribution in [1.29, 1.82) is 0 Å². The van der Waals surface area contributed by atoms with Gasteiger partial charge in [-0.05, 0) is 47.4 Å². The number of oxime groups is 1. The Hall–Kier alpha value is -4.21. The number of hydrogen-bond acceptors (Lipinski definition) is 7. The minimum absolute atomic E-state index is 0.177. The smallest absolute Gasteiger partial charge is 0.299 e. The molecule has 0 aromatic heterocycles. The third kappa shape index (κ3) is 8.43. The van der Waals surface area contributed by atoms with Crippen LogP contribution in [0.4, 0.5) is 0 Å². The summed E-state index contributed by atoms with van der Waals surface area (Å²) < 4.78 is 5.69. The lowest BCUT2D eigenvalue weighted by molar-refractivity contribution is -0.143. The Kier molecular flexibility index (Phi) is 10.9. The van der Waals surface area contributed by atoms with E-state index >= 15 is 0 Å². The first-order valence-corrected chi connectivity index (χ1v) is 15.1. The molecule has 2 N–H and O–H groups in total. The molecule has 2 aromatic carbocycles. The number of nitrogens with zero attached hydrogens (tertiary/aromatic N) is 2. The molecule has 0 spiro atoms. The predicted molar refractivity (Wildman–Crippen MR) is 162 cm³/mol. The minimum atomic E-state index is -0.915. The fourth-order valence-corrected chi connectivity index (χ4v) is 5.32. The van der Waals surface area contributed by atoms with Crippen LogP contribution >= 0.6 is 0 Å². The first-order chi connectivity index (χ1) is 20.6. The van der Waals surface area contributed by atoms with Crippen molar-refractivity contribution in [3.8, 4) is 0 Å². The van der Waals surface area contributed by atoms with E-state index in [0.29, 0.717) is 32.2 Å². The Balaban J connectivity index is 1.35. The number of aryl methyl sites for hydroxylation is 1. The number of carbonyl (C=O) groups is 4. The van der Waals surface area contributed by atoms with Crippen molar-refractivity contribution in [3.05, 3.63) is 71.8 Å². The molecule has 1 unspecified atom stereocenters. The summed E-state index contributed by atoms with van der Waals surface area (Å²) in [6.07, 6.45) is 1.61. The molecule has 0 aliphatic carbocycles. The molecule has 2 aromatic rings. The van der Waals surface area contributed by atoms with Gasteiger partial charge in [0.25, 0.3) is 12.2 Å². The number of nitrogens with one attached hydrogen (secondary N) is 2. The van der Waals surface area contributed by atoms with Crippen molar-refractivity contribution in [1.82, 2.24) is 15.5 Å². The van der Waals surface area contributed by atoms with Crippen LogP contribution in [0, 0.1) is 11.8 Å². The molecule has 2 heterocycles. The molecule has 10 nitrogen and oxygen atoms in total. The van der Waals surface area contributed by atoms with Gasteiger partial charge in [-0.3, -0.25) is 19.2 Å². The number of ketones is 1. The topological polar surface area (TPSA) is 126 Å². The molecule has 0 bridgehead atoms. The maximum Gasteiger partial charge on any atom is 0.299 e. The van der Waals surface area contributed by atoms with Crippen LogP contribution in [0.3, 0.4) is 0 Å². The van der Waals surface area contributed by atoms with Gasteiger partial charge in [0.15, 0.2) is 0 Å². The number of Topliss-reactive ketones (excluding diaryl/α,β-unsaturated/α-hetero) is 1. The maximum atomic E-state index is 13.7. The van der Waals surface area contributed by atoms with Crippen LogP contribution in [-0.2, 0) is 41.6 Å². The monoisotopic (exact) mass is 590 g/mol. The van der Waals surface area contributed by atoms with Gasteiger partial charge in [0.1, 0.15) is 12.1 Å². The number of carbonyl (C=O) groups excluding carboxylic acids is 4. The molecule has 43 heavy (non-hydrogen) atoms. The summed E-state index contributed by atoms with van der Waals surface area (Å²) in [4.78, 5) is 60.2. The molecule has 4 atom stereocenters. The highest BCUT2D eigenvalue weighted by molar-refractivity contribution is 6.38. The zero-order valence-corrected chi connectivity index (χ0v) is 25.3. The van der Waals surface area contributed by atoms with Crippen LogP contribution in [-0.4, -0.2) is 65.3 Å². The molecule has 10 heteroatoms. The van der Waals surface area contributed by atoms with E-state index in [4.69, 9.17) is 9.57 Å². The van der Waals surface area contributed by atoms with E-state index < -0.39 is 36.1 Å². The van der Waals surface area contributed by atoms with E-state index in [1.54, 1.807) is 0 Å². The molecule has 1 saturated heterocycles. The van der Waals surface area contributed by atoms with Crippen LogP contribution in [0.25, 0.3) is 0 Å². The third-order valence-electron chi connectivity index (χ3n) is 7.77. The number of ether oxygens (including phenoxy) is 1. The molecule has 3 amide bonds. The van der Waals surface area contributed by atoms with E-state index in [9.17, 15) is 19.2 Å². The van der Waals surface area contributed by atoms with E-state index in [-0.39, 0.29) is 36.0 Å². The van der Waals surface area contributed by atoms with E-state index in [2.05, 4.69) is 15.8 Å². The number of rotatable bonds is 13. The van der Waals surface area contributed by atoms with Crippen LogP contribution < -0.4 is 10.6 Å². The van der Waals surface area contributed by atoms with Crippen molar-refractivity contribution in [2.75, 3.05) is 6.54 Å². The zero-order valence-electron chi connectivity index (χ0n) is 25.3. The van der Waals surface area contributed by atoms with E-state index in [1.807, 2.05) is 88.4 Å². The minimum Gasteiger partial charge on any atom is -0.430 e. The van der Waals surface area contributed by atoms with Crippen molar-refractivity contribution < 1.29 is 28.8 Å². The molecule has 1 fully saturated rings. The summed E-state index contributed by atoms with van der Waals surface area (Å²) in [5.74, 6) is -2.05. The molecular formula is C33H42N4O6. The molecule has 0 saturated carbocycles. The van der Waals surface area contributed by atoms with Gasteiger partial charge < -0.3 is 25.1 Å². The second-order valence-corrected chi connectivity index (χ2v) is 11.8. The highest BCUT2D eigenvalue weighted by atomic mass is 16.8. The van der Waals surface area contributed by atoms with Crippen molar-refractivity contribution in [2.45, 2.75) is 84.2 Å². The summed E-state index contributed by atoms with van der Waals surface area (Å²) in [7, 11) is 0. The van der Waals surface area contributed by atoms with Gasteiger partial charge >= 0.3 is 0 Å². The SMILES string of the molecule is CC(C)[C@H](NC(=O)[C@@H]1CCCN1C(=O)[C@@H](NC(=O)CCc1ccccc1)C(C)C)C(=O)C1=NOC(Cc2ccccc2)O1. The van der Waals surface area contributed by atoms with Gasteiger partial charge in [0.2, 0.25) is 23.5 Å². The average Bonchev–Trinajstić information content (AvgIpc) is 3.68. The maximum absolute atomic E-state index is 13.7. The number of benzene rings is 2. The highest BCUT2D eigenvalue weighted by Crippen LogP contribution is 2.22. The lowest BCUT2D eigenvalue weighted by Gasteiger charge is -2.31. The van der Waals surface area contributed by atoms with Gasteiger partial charge in [-0.1, -0.05) is 88.4 Å². The van der Waals surface area contributed by atoms with Crippen molar-refractivity contribution in [2.24, 2.45) is 17.0 Å². The normalized spacial score (nSPS) is 19.3. The third-order valence-corrected chi connectivity index (χ3v) is 7.77. The van der Waals surface area contributed by atoms with E-state index in [1.165, 1.54) is 4.90 Å². The van der Waals surface area contributed by atoms with Crippen molar-refractivity contribution >= 4 is 29.4 Å². The molecule has 230 valence electrons. The molecule has 2 aliphatic heterocycles. The second-order valence-electron chi connectivity index (χ2n) is 11.8. The Morgan fingerprint density at radius 3 is 2.14 bits per heavy atom. The van der Waals surface area contributed by atoms with Gasteiger partial charge in [-0.2, -0.15) is 0 Å². The number of hydrogen-bond donors (Lipinski definition) is 2. The van der Waals surface area contributed by atoms with Crippen LogP contribution in [0.5, 0.6) is 0 Å². The Morgan fingerprint density at radius 2 is 1.51 bits per heavy atom. The zero-order chi connectivity index (χ0) is 30.9. The number of likely N-dealkylation sites (tertiary alicyclic amines) is 1. The quantitative estimate of drug-likeness (QED) is 0.368. The standard InChI is InChI=1S/C33H42N4O6/c1-21(2)28(30(39)32-36-43-27(42-32)20-24-14-9-6-10-15-24)35-31(40)25-16-11-19-37(25)33(41)29(22(3)4)34-26(38)18-17-23-12-7-5-8-13-23/h5-10,12-15,21-22,25,27-29H,11,16-20H2,1-4H3,(H,34,38)(H,35,40)/t25-,27?,28-,29-/m0/s1. The summed E-state index contributed by atoms with van der Waals surface area (Å²) >= 11 is 0. The van der Waals surface area contributed by atoms with Gasteiger partial charge in [-0.25, -0.2) is 0 Å². The largest absolute Gasteiger partial charge is 0.430 e. The lowest BCUT2D eigenvalue weighted by Crippen LogP contribution is -2.57. The Labute approximate surface area is 253 Å². The first-order valence-electron chi connectivity index (χ1n) is 15.1. The summed E-state index contributed by atoms with van der Waals surface area (Å²) in [5.41, 5.74) is 2.02. The van der Waals surface area contributed by atoms with Gasteiger partial charge in [0, 0.05) is 19.4 Å². The fraction of sp³-hybridized carbons (Fsp3) is 0.485. The Morgan fingerprint density at radius 1 is 0.884 bits per heavy atom. The lowest BCUT2D eigenvalue weighted by atomic mass is 9.98. The van der Waals surface area contributed by atoms with Crippen LogP contribution in [0.2, 0.25) is 0 Å². The molecular weight excluding hydrogens is 548 g/mol. The predicted octanol–water partition coefficient (Wildman–Crippen LogP) is 3.39. The first kappa shape index (κ1) is 31.7. The van der Waals surface area contributed by atoms with Crippen LogP contribution in [0.1, 0.15) is 58.1 Å². The van der Waals surface area contributed by atoms with E-state index in [0.717, 1.165) is 11.1 Å². The summed E-state index contributed by atoms with van der Waals surface area (Å²) in [6.45, 7) is 7.77. The van der Waals surface area contributed by atoms with Crippen molar-refractivity contribution in [3.63, 3.8) is 0 Å². The summed E-state index contributed by atoms with van der Waals surface area (Å²) in [6, 6.07) is 16.8. The van der Waals surface area contributed by atoms with Gasteiger partial charge in [0.05, 0.1) is 6.04 Å². The second kappa shape index (κ2) is 14.8. The fourth-order valence-electron chi connectivity index (χ4n) is 5.32.